The smallest absolute Gasteiger partial charge is 0.324 e. The number of nitrogens with zero attached hydrogens (tertiary/aromatic N) is 6. The summed E-state index contributed by atoms with van der Waals surface area (Å²) in [5, 5.41) is 19.3. The van der Waals surface area contributed by atoms with E-state index in [1.54, 1.807) is 12.5 Å². The van der Waals surface area contributed by atoms with Gasteiger partial charge in [0.2, 0.25) is 11.8 Å². The Morgan fingerprint density at radius 3 is 2.60 bits per heavy atom. The summed E-state index contributed by atoms with van der Waals surface area (Å²) in [6.07, 6.45) is 10.6. The van der Waals surface area contributed by atoms with Gasteiger partial charge < -0.3 is 24.4 Å². The van der Waals surface area contributed by atoms with Gasteiger partial charge in [-0.15, -0.1) is 0 Å². The van der Waals surface area contributed by atoms with E-state index in [2.05, 4.69) is 88.5 Å². The van der Waals surface area contributed by atoms with Gasteiger partial charge in [-0.05, 0) is 93.2 Å². The third-order valence-corrected chi connectivity index (χ3v) is 14.6. The Morgan fingerprint density at radius 2 is 1.90 bits per heavy atom. The number of oxazole rings is 1. The highest BCUT2D eigenvalue weighted by Gasteiger charge is 2.55. The zero-order chi connectivity index (χ0) is 41.5. The molecule has 314 valence electrons. The highest BCUT2D eigenvalue weighted by atomic mass is 16.5. The number of hydrogen-bond acceptors (Lipinski definition) is 11. The lowest BCUT2D eigenvalue weighted by atomic mass is 9.78. The Morgan fingerprint density at radius 1 is 1.08 bits per heavy atom. The fourth-order valence-electron chi connectivity index (χ4n) is 10.8. The van der Waals surface area contributed by atoms with Crippen LogP contribution >= 0.6 is 0 Å². The molecule has 3 aromatic heterocycles. The van der Waals surface area contributed by atoms with Gasteiger partial charge in [-0.25, -0.2) is 10.4 Å². The van der Waals surface area contributed by atoms with Crippen LogP contribution in [0.4, 0.5) is 0 Å². The predicted molar refractivity (Wildman–Crippen MR) is 222 cm³/mol. The molecule has 1 unspecified atom stereocenters. The van der Waals surface area contributed by atoms with Crippen LogP contribution in [0.3, 0.4) is 0 Å². The summed E-state index contributed by atoms with van der Waals surface area (Å²) in [5.74, 6) is -0.337. The summed E-state index contributed by atoms with van der Waals surface area (Å²) in [6, 6.07) is 10.6. The number of esters is 1. The van der Waals surface area contributed by atoms with Crippen molar-refractivity contribution < 1.29 is 23.5 Å². The number of carbonyl (C=O) groups is 3. The maximum absolute atomic E-state index is 14.9. The van der Waals surface area contributed by atoms with Crippen molar-refractivity contribution in [2.45, 2.75) is 102 Å². The number of hydrogen-bond donors (Lipinski definition) is 3. The highest BCUT2D eigenvalue weighted by molar-refractivity contribution is 5.95. The second-order valence-electron chi connectivity index (χ2n) is 19.3. The van der Waals surface area contributed by atoms with Gasteiger partial charge in [0, 0.05) is 82.9 Å². The van der Waals surface area contributed by atoms with E-state index < -0.39 is 29.5 Å². The zero-order valence-corrected chi connectivity index (χ0v) is 34.9. The molecule has 2 saturated carbocycles. The van der Waals surface area contributed by atoms with E-state index in [9.17, 15) is 19.6 Å². The van der Waals surface area contributed by atoms with Crippen molar-refractivity contribution in [3.05, 3.63) is 60.4 Å². The summed E-state index contributed by atoms with van der Waals surface area (Å²) in [6.45, 7) is 11.2. The molecule has 14 nitrogen and oxygen atoms in total. The second-order valence-corrected chi connectivity index (χ2v) is 19.3. The number of carbonyl (C=O) groups excluding carboxylic acids is 3. The van der Waals surface area contributed by atoms with Crippen molar-refractivity contribution in [2.24, 2.45) is 29.1 Å². The summed E-state index contributed by atoms with van der Waals surface area (Å²) in [4.78, 5) is 54.8. The lowest BCUT2D eigenvalue weighted by molar-refractivity contribution is -0.157. The molecular formula is C46H55N9O5. The van der Waals surface area contributed by atoms with E-state index >= 15 is 0 Å². The number of cyclic esters (lactones) is 1. The Labute approximate surface area is 350 Å². The normalized spacial score (nSPS) is 31.1. The molecule has 8 atom stereocenters. The van der Waals surface area contributed by atoms with Gasteiger partial charge in [0.1, 0.15) is 30.1 Å². The molecule has 0 radical (unpaired) electrons. The van der Waals surface area contributed by atoms with Crippen LogP contribution in [0, 0.1) is 40.4 Å². The molecular weight excluding hydrogens is 759 g/mol. The molecule has 60 heavy (non-hydrogen) atoms. The van der Waals surface area contributed by atoms with Crippen LogP contribution in [-0.4, -0.2) is 92.6 Å². The standard InChI is InChI=1S/C46H55N9O5/c1-26-27(2)37(26)41(56)51-38-40(53-23-46(24-53)13-15-49-46)42-50-35(22-59-42)29-10-12-36-32(18-29)33(19-45(3,4)25-60-44(58)34-8-6-16-54(52-34)43(38)57)39(30-7-5-14-48-21-30)55(36)31-11-9-28(17-31)20-47/h5,7,10,12,14,18,21-22,26-28,31,34,37-38,40,49,52H,6,8-9,11,13,15-17,19,23-25H2,1-4H3,(H,51,56)/t26-,27+,28-,31-,34+,37?,38+,40+/m1/s1. The molecule has 4 aliphatic heterocycles. The predicted octanol–water partition coefficient (Wildman–Crippen LogP) is 5.32. The molecule has 6 bridgehead atoms. The summed E-state index contributed by atoms with van der Waals surface area (Å²) in [5.41, 5.74) is 8.40. The first kappa shape index (κ1) is 39.1. The lowest BCUT2D eigenvalue weighted by Crippen LogP contribution is -2.77. The van der Waals surface area contributed by atoms with Crippen molar-refractivity contribution in [1.29, 1.82) is 5.26 Å². The molecule has 7 heterocycles. The van der Waals surface area contributed by atoms with E-state index in [4.69, 9.17) is 14.1 Å². The van der Waals surface area contributed by atoms with Gasteiger partial charge in [0.05, 0.1) is 18.4 Å². The van der Waals surface area contributed by atoms with Crippen LogP contribution in [0.25, 0.3) is 33.4 Å². The fourth-order valence-corrected chi connectivity index (χ4v) is 10.8. The lowest BCUT2D eigenvalue weighted by Gasteiger charge is -2.59. The Kier molecular flexibility index (Phi) is 9.65. The van der Waals surface area contributed by atoms with E-state index in [1.807, 2.05) is 12.3 Å². The molecule has 2 aliphatic carbocycles. The number of rotatable bonds is 5. The van der Waals surface area contributed by atoms with Gasteiger partial charge in [-0.1, -0.05) is 33.8 Å². The van der Waals surface area contributed by atoms with Gasteiger partial charge in [-0.3, -0.25) is 29.3 Å². The summed E-state index contributed by atoms with van der Waals surface area (Å²) in [7, 11) is 0. The van der Waals surface area contributed by atoms with E-state index in [0.717, 1.165) is 65.5 Å². The molecule has 10 rings (SSSR count). The second kappa shape index (κ2) is 14.8. The summed E-state index contributed by atoms with van der Waals surface area (Å²) >= 11 is 0. The van der Waals surface area contributed by atoms with E-state index in [1.165, 1.54) is 5.01 Å². The third-order valence-electron chi connectivity index (χ3n) is 14.6. The largest absolute Gasteiger partial charge is 0.464 e. The van der Waals surface area contributed by atoms with Crippen LogP contribution in [0.2, 0.25) is 0 Å². The molecule has 14 heteroatoms. The van der Waals surface area contributed by atoms with Crippen molar-refractivity contribution >= 4 is 28.7 Å². The third kappa shape index (κ3) is 6.79. The number of ether oxygens (including phenoxy) is 1. The van der Waals surface area contributed by atoms with Crippen LogP contribution < -0.4 is 16.1 Å². The molecule has 1 aromatic carbocycles. The number of likely N-dealkylation sites (tertiary alicyclic amines) is 1. The van der Waals surface area contributed by atoms with Crippen molar-refractivity contribution in [3.63, 3.8) is 0 Å². The number of amides is 2. The first-order valence-electron chi connectivity index (χ1n) is 21.9. The first-order chi connectivity index (χ1) is 28.9. The fraction of sp³-hybridized carbons (Fsp3) is 0.565. The van der Waals surface area contributed by atoms with Crippen LogP contribution in [-0.2, 0) is 25.5 Å². The monoisotopic (exact) mass is 813 g/mol. The Balaban J connectivity index is 1.13. The minimum Gasteiger partial charge on any atom is -0.464 e. The number of nitrogens with one attached hydrogen (secondary N) is 3. The number of aromatic nitrogens is 3. The maximum atomic E-state index is 14.9. The minimum atomic E-state index is -1.03. The highest BCUT2D eigenvalue weighted by Crippen LogP contribution is 2.48. The number of hydrazine groups is 1. The molecule has 6 aliphatic rings. The average Bonchev–Trinajstić information content (AvgIpc) is 3.68. The van der Waals surface area contributed by atoms with Crippen molar-refractivity contribution in [3.8, 4) is 28.6 Å². The van der Waals surface area contributed by atoms with Crippen LogP contribution in [0.1, 0.15) is 89.8 Å². The Hall–Kier alpha value is -5.10. The number of fused-ring (bicyclic) bond motifs is 6. The average molecular weight is 814 g/mol. The summed E-state index contributed by atoms with van der Waals surface area (Å²) < 4.78 is 15.0. The molecule has 4 aromatic rings. The van der Waals surface area contributed by atoms with E-state index in [-0.39, 0.29) is 53.7 Å². The van der Waals surface area contributed by atoms with Gasteiger partial charge in [0.15, 0.2) is 0 Å². The molecule has 5 fully saturated rings. The first-order valence-corrected chi connectivity index (χ1v) is 21.9. The van der Waals surface area contributed by atoms with Crippen molar-refractivity contribution in [2.75, 3.05) is 32.8 Å². The minimum absolute atomic E-state index is 0.0147. The number of pyridine rings is 1. The van der Waals surface area contributed by atoms with Gasteiger partial charge >= 0.3 is 5.97 Å². The number of benzene rings is 1. The van der Waals surface area contributed by atoms with Crippen LogP contribution in [0.5, 0.6) is 0 Å². The molecule has 3 saturated heterocycles. The number of nitriles is 1. The Bertz CT molecular complexity index is 2360. The van der Waals surface area contributed by atoms with E-state index in [0.29, 0.717) is 50.5 Å². The SMILES string of the molecule is C[C@@H]1C(C(=O)N[C@@H]2C(=O)N3CCC[C@H](N3)C(=O)OCC(C)(C)Cc3c(-c4cccnc4)n([C@@H]4CC[C@@H](C#N)C4)c4ccc(cc34)-c3coc(n3)[C@H]2N2CC3(CCN3)C2)[C@@H]1C. The molecule has 2 amide bonds. The molecule has 1 spiro atoms. The van der Waals surface area contributed by atoms with Crippen LogP contribution in [0.15, 0.2) is 53.4 Å². The zero-order valence-electron chi connectivity index (χ0n) is 34.9. The topological polar surface area (TPSA) is 171 Å². The maximum Gasteiger partial charge on any atom is 0.324 e. The molecule has 3 N–H and O–H groups in total. The van der Waals surface area contributed by atoms with Gasteiger partial charge in [-0.2, -0.15) is 5.26 Å². The van der Waals surface area contributed by atoms with Crippen molar-refractivity contribution in [1.82, 2.24) is 40.5 Å². The quantitative estimate of drug-likeness (QED) is 0.223. The van der Waals surface area contributed by atoms with Gasteiger partial charge in [0.25, 0.3) is 5.91 Å².